The van der Waals surface area contributed by atoms with E-state index in [2.05, 4.69) is 20.1 Å². The van der Waals surface area contributed by atoms with Crippen molar-refractivity contribution >= 4 is 28.5 Å². The molecule has 0 atom stereocenters. The zero-order valence-corrected chi connectivity index (χ0v) is 15.5. The number of carbonyl (C=O) groups excluding carboxylic acids is 1. The van der Waals surface area contributed by atoms with E-state index in [1.807, 2.05) is 6.07 Å². The molecule has 0 aliphatic rings. The maximum Gasteiger partial charge on any atom is 0.259 e. The number of hydrogen-bond donors (Lipinski definition) is 1. The number of imidazole rings is 1. The zero-order valence-electron chi connectivity index (χ0n) is 14.7. The number of carbonyl (C=O) groups is 1. The van der Waals surface area contributed by atoms with Gasteiger partial charge in [-0.1, -0.05) is 16.8 Å². The van der Waals surface area contributed by atoms with Gasteiger partial charge in [-0.3, -0.25) is 9.78 Å². The van der Waals surface area contributed by atoms with Gasteiger partial charge in [0, 0.05) is 30.0 Å². The summed E-state index contributed by atoms with van der Waals surface area (Å²) in [5.41, 5.74) is 3.34. The Hall–Kier alpha value is -3.19. The standard InChI is InChI=1S/C19H16ClN5O2/c1-11-17(18(24-27-11)12-5-7-21-8-6-12)19(26)25(2)10-16-22-14-4-3-13(20)9-15(14)23-16/h3-9H,10H2,1-2H3,(H,22,23). The highest BCUT2D eigenvalue weighted by atomic mass is 35.5. The van der Waals surface area contributed by atoms with Gasteiger partial charge in [0.05, 0.1) is 17.6 Å². The molecule has 0 saturated heterocycles. The van der Waals surface area contributed by atoms with Crippen molar-refractivity contribution in [2.75, 3.05) is 7.05 Å². The molecule has 0 fully saturated rings. The highest BCUT2D eigenvalue weighted by Crippen LogP contribution is 2.26. The number of aromatic amines is 1. The minimum Gasteiger partial charge on any atom is -0.360 e. The first-order chi connectivity index (χ1) is 13.0. The number of aromatic nitrogens is 4. The Balaban J connectivity index is 1.62. The van der Waals surface area contributed by atoms with Crippen LogP contribution in [0.15, 0.2) is 47.2 Å². The molecule has 0 radical (unpaired) electrons. The summed E-state index contributed by atoms with van der Waals surface area (Å²) in [7, 11) is 1.71. The molecule has 7 nitrogen and oxygen atoms in total. The average Bonchev–Trinajstić information content (AvgIpc) is 3.24. The van der Waals surface area contributed by atoms with Crippen molar-refractivity contribution in [2.45, 2.75) is 13.5 Å². The molecule has 3 aromatic heterocycles. The first-order valence-electron chi connectivity index (χ1n) is 8.29. The molecule has 1 aromatic carbocycles. The number of aryl methyl sites for hydroxylation is 1. The summed E-state index contributed by atoms with van der Waals surface area (Å²) in [5, 5.41) is 4.68. The number of nitrogens with zero attached hydrogens (tertiary/aromatic N) is 4. The van der Waals surface area contributed by atoms with Gasteiger partial charge in [-0.05, 0) is 37.3 Å². The second kappa shape index (κ2) is 6.85. The summed E-state index contributed by atoms with van der Waals surface area (Å²) in [6.07, 6.45) is 3.30. The SMILES string of the molecule is Cc1onc(-c2ccncc2)c1C(=O)N(C)Cc1nc2ccc(Cl)cc2[nH]1. The van der Waals surface area contributed by atoms with Crippen LogP contribution in [0.1, 0.15) is 21.9 Å². The van der Waals surface area contributed by atoms with E-state index in [-0.39, 0.29) is 5.91 Å². The summed E-state index contributed by atoms with van der Waals surface area (Å²) in [4.78, 5) is 26.3. The fourth-order valence-electron chi connectivity index (χ4n) is 2.93. The fourth-order valence-corrected chi connectivity index (χ4v) is 3.10. The largest absolute Gasteiger partial charge is 0.360 e. The number of H-pyrrole nitrogens is 1. The van der Waals surface area contributed by atoms with Gasteiger partial charge in [0.25, 0.3) is 5.91 Å². The van der Waals surface area contributed by atoms with Crippen LogP contribution in [0.2, 0.25) is 5.02 Å². The Kier molecular flexibility index (Phi) is 4.37. The lowest BCUT2D eigenvalue weighted by Gasteiger charge is -2.15. The predicted molar refractivity (Wildman–Crippen MR) is 101 cm³/mol. The lowest BCUT2D eigenvalue weighted by atomic mass is 10.1. The number of amides is 1. The maximum absolute atomic E-state index is 13.0. The molecule has 0 unspecified atom stereocenters. The Labute approximate surface area is 160 Å². The Morgan fingerprint density at radius 1 is 1.26 bits per heavy atom. The van der Waals surface area contributed by atoms with Gasteiger partial charge in [0.15, 0.2) is 0 Å². The molecule has 0 saturated carbocycles. The van der Waals surface area contributed by atoms with Crippen LogP contribution in [0.3, 0.4) is 0 Å². The minimum atomic E-state index is -0.195. The van der Waals surface area contributed by atoms with Crippen LogP contribution >= 0.6 is 11.6 Å². The molecule has 4 rings (SSSR count). The summed E-state index contributed by atoms with van der Waals surface area (Å²) in [5.74, 6) is 0.941. The van der Waals surface area contributed by atoms with E-state index in [1.54, 1.807) is 55.5 Å². The van der Waals surface area contributed by atoms with Crippen LogP contribution in [0.4, 0.5) is 0 Å². The van der Waals surface area contributed by atoms with Crippen molar-refractivity contribution in [1.29, 1.82) is 0 Å². The van der Waals surface area contributed by atoms with Crippen molar-refractivity contribution in [2.24, 2.45) is 0 Å². The molecule has 136 valence electrons. The Bertz CT molecular complexity index is 1120. The molecule has 3 heterocycles. The van der Waals surface area contributed by atoms with E-state index in [0.717, 1.165) is 16.6 Å². The van der Waals surface area contributed by atoms with Gasteiger partial charge in [-0.25, -0.2) is 4.98 Å². The maximum atomic E-state index is 13.0. The van der Waals surface area contributed by atoms with Gasteiger partial charge in [-0.2, -0.15) is 0 Å². The van der Waals surface area contributed by atoms with E-state index in [1.165, 1.54) is 0 Å². The van der Waals surface area contributed by atoms with Gasteiger partial charge >= 0.3 is 0 Å². The molecule has 1 N–H and O–H groups in total. The highest BCUT2D eigenvalue weighted by Gasteiger charge is 2.25. The number of pyridine rings is 1. The predicted octanol–water partition coefficient (Wildman–Crippen LogP) is 3.85. The number of fused-ring (bicyclic) bond motifs is 1. The van der Waals surface area contributed by atoms with E-state index in [0.29, 0.717) is 34.4 Å². The summed E-state index contributed by atoms with van der Waals surface area (Å²) < 4.78 is 5.28. The third-order valence-corrected chi connectivity index (χ3v) is 4.49. The Morgan fingerprint density at radius 3 is 2.81 bits per heavy atom. The molecule has 1 amide bonds. The van der Waals surface area contributed by atoms with Crippen LogP contribution < -0.4 is 0 Å². The van der Waals surface area contributed by atoms with Gasteiger partial charge in [0.1, 0.15) is 22.8 Å². The summed E-state index contributed by atoms with van der Waals surface area (Å²) in [6.45, 7) is 2.04. The van der Waals surface area contributed by atoms with Crippen molar-refractivity contribution in [1.82, 2.24) is 25.0 Å². The van der Waals surface area contributed by atoms with Crippen LogP contribution in [0, 0.1) is 6.92 Å². The first-order valence-corrected chi connectivity index (χ1v) is 8.67. The summed E-state index contributed by atoms with van der Waals surface area (Å²) >= 11 is 6.01. The molecular formula is C19H16ClN5O2. The number of nitrogens with one attached hydrogen (secondary N) is 1. The number of benzene rings is 1. The van der Waals surface area contributed by atoms with Crippen LogP contribution in [-0.4, -0.2) is 38.0 Å². The molecule has 0 bridgehead atoms. The molecule has 0 spiro atoms. The lowest BCUT2D eigenvalue weighted by Crippen LogP contribution is -2.27. The highest BCUT2D eigenvalue weighted by molar-refractivity contribution is 6.31. The van der Waals surface area contributed by atoms with Crippen molar-refractivity contribution in [3.8, 4) is 11.3 Å². The minimum absolute atomic E-state index is 0.195. The van der Waals surface area contributed by atoms with E-state index in [9.17, 15) is 4.79 Å². The average molecular weight is 382 g/mol. The molecule has 27 heavy (non-hydrogen) atoms. The van der Waals surface area contributed by atoms with Crippen molar-refractivity contribution < 1.29 is 9.32 Å². The number of halogens is 1. The first kappa shape index (κ1) is 17.2. The fraction of sp³-hybridized carbons (Fsp3) is 0.158. The van der Waals surface area contributed by atoms with Crippen LogP contribution in [0.5, 0.6) is 0 Å². The van der Waals surface area contributed by atoms with Crippen LogP contribution in [-0.2, 0) is 6.54 Å². The normalized spacial score (nSPS) is 11.1. The molecule has 0 aliphatic heterocycles. The smallest absolute Gasteiger partial charge is 0.259 e. The zero-order chi connectivity index (χ0) is 19.0. The van der Waals surface area contributed by atoms with E-state index < -0.39 is 0 Å². The number of hydrogen-bond acceptors (Lipinski definition) is 5. The lowest BCUT2D eigenvalue weighted by molar-refractivity contribution is 0.0781. The second-order valence-corrected chi connectivity index (χ2v) is 6.64. The van der Waals surface area contributed by atoms with Gasteiger partial charge in [-0.15, -0.1) is 0 Å². The number of rotatable bonds is 4. The molecule has 4 aromatic rings. The molecule has 8 heteroatoms. The topological polar surface area (TPSA) is 87.9 Å². The van der Waals surface area contributed by atoms with Gasteiger partial charge < -0.3 is 14.4 Å². The van der Waals surface area contributed by atoms with Crippen molar-refractivity contribution in [3.63, 3.8) is 0 Å². The van der Waals surface area contributed by atoms with Gasteiger partial charge in [0.2, 0.25) is 0 Å². The van der Waals surface area contributed by atoms with E-state index in [4.69, 9.17) is 16.1 Å². The Morgan fingerprint density at radius 2 is 2.04 bits per heavy atom. The molecular weight excluding hydrogens is 366 g/mol. The van der Waals surface area contributed by atoms with E-state index >= 15 is 0 Å². The second-order valence-electron chi connectivity index (χ2n) is 6.20. The van der Waals surface area contributed by atoms with Crippen molar-refractivity contribution in [3.05, 3.63) is 64.9 Å². The monoisotopic (exact) mass is 381 g/mol. The molecule has 0 aliphatic carbocycles. The summed E-state index contributed by atoms with van der Waals surface area (Å²) in [6, 6.07) is 9.01. The third kappa shape index (κ3) is 3.29. The third-order valence-electron chi connectivity index (χ3n) is 4.26. The van der Waals surface area contributed by atoms with Crippen LogP contribution in [0.25, 0.3) is 22.3 Å². The quantitative estimate of drug-likeness (QED) is 0.580.